The lowest BCUT2D eigenvalue weighted by Crippen LogP contribution is -2.19. The minimum Gasteiger partial charge on any atom is -0.494 e. The van der Waals surface area contributed by atoms with Gasteiger partial charge in [-0.05, 0) is 49.7 Å². The zero-order chi connectivity index (χ0) is 17.5. The van der Waals surface area contributed by atoms with Gasteiger partial charge in [0, 0.05) is 17.7 Å². The van der Waals surface area contributed by atoms with Crippen LogP contribution in [0.1, 0.15) is 29.8 Å². The molecule has 1 N–H and O–H groups in total. The third-order valence-electron chi connectivity index (χ3n) is 3.23. The summed E-state index contributed by atoms with van der Waals surface area (Å²) in [6.45, 7) is 4.25. The molecule has 0 saturated carbocycles. The molecule has 0 aliphatic rings. The number of nitro benzene ring substituents is 1. The van der Waals surface area contributed by atoms with Gasteiger partial charge in [-0.25, -0.2) is 5.43 Å². The van der Waals surface area contributed by atoms with Crippen LogP contribution in [0.15, 0.2) is 53.6 Å². The maximum absolute atomic E-state index is 12.0. The highest BCUT2D eigenvalue weighted by atomic mass is 16.6. The number of carbonyl (C=O) groups excluding carboxylic acids is 1. The highest BCUT2D eigenvalue weighted by Crippen LogP contribution is 2.14. The molecule has 2 rings (SSSR count). The number of nitrogens with zero attached hydrogens (tertiary/aromatic N) is 2. The quantitative estimate of drug-likeness (QED) is 0.501. The number of non-ortho nitro benzene ring substituents is 1. The summed E-state index contributed by atoms with van der Waals surface area (Å²) in [6, 6.07) is 12.8. The van der Waals surface area contributed by atoms with Crippen LogP contribution in [0.5, 0.6) is 5.75 Å². The molecular weight excluding hydrogens is 310 g/mol. The summed E-state index contributed by atoms with van der Waals surface area (Å²) in [7, 11) is 0. The number of amides is 1. The zero-order valence-corrected chi connectivity index (χ0v) is 13.4. The lowest BCUT2D eigenvalue weighted by molar-refractivity contribution is -0.384. The Balaban J connectivity index is 2.07. The highest BCUT2D eigenvalue weighted by Gasteiger charge is 2.11. The average Bonchev–Trinajstić information content (AvgIpc) is 2.60. The van der Waals surface area contributed by atoms with Crippen molar-refractivity contribution in [2.24, 2.45) is 5.10 Å². The number of hydrogen-bond acceptors (Lipinski definition) is 5. The molecular formula is C17H17N3O4. The first-order chi connectivity index (χ1) is 11.5. The first kappa shape index (κ1) is 17.1. The number of hydrazone groups is 1. The SMILES string of the molecule is CCOc1ccc(/C(C)=N/NC(=O)c2cccc([N+](=O)[O-])c2)cc1. The molecule has 1 amide bonds. The van der Waals surface area contributed by atoms with Crippen molar-refractivity contribution in [2.75, 3.05) is 6.61 Å². The minimum absolute atomic E-state index is 0.144. The van der Waals surface area contributed by atoms with E-state index in [9.17, 15) is 14.9 Å². The van der Waals surface area contributed by atoms with Gasteiger partial charge >= 0.3 is 0 Å². The van der Waals surface area contributed by atoms with E-state index in [1.165, 1.54) is 24.3 Å². The predicted molar refractivity (Wildman–Crippen MR) is 90.4 cm³/mol. The van der Waals surface area contributed by atoms with Gasteiger partial charge in [-0.2, -0.15) is 5.10 Å². The Morgan fingerprint density at radius 1 is 1.21 bits per heavy atom. The Labute approximate surface area is 139 Å². The molecule has 0 fully saturated rings. The van der Waals surface area contributed by atoms with Crippen molar-refractivity contribution < 1.29 is 14.5 Å². The first-order valence-corrected chi connectivity index (χ1v) is 7.33. The smallest absolute Gasteiger partial charge is 0.271 e. The molecule has 7 heteroatoms. The van der Waals surface area contributed by atoms with Crippen molar-refractivity contribution in [2.45, 2.75) is 13.8 Å². The van der Waals surface area contributed by atoms with Gasteiger partial charge in [0.25, 0.3) is 11.6 Å². The summed E-state index contributed by atoms with van der Waals surface area (Å²) in [5.41, 5.74) is 3.87. The fourth-order valence-electron chi connectivity index (χ4n) is 1.98. The number of ether oxygens (including phenoxy) is 1. The van der Waals surface area contributed by atoms with Crippen molar-refractivity contribution in [3.8, 4) is 5.75 Å². The Morgan fingerprint density at radius 3 is 2.54 bits per heavy atom. The molecule has 0 bridgehead atoms. The van der Waals surface area contributed by atoms with Crippen LogP contribution < -0.4 is 10.2 Å². The molecule has 0 spiro atoms. The number of carbonyl (C=O) groups is 1. The molecule has 0 aliphatic heterocycles. The van der Waals surface area contributed by atoms with E-state index in [-0.39, 0.29) is 11.3 Å². The van der Waals surface area contributed by atoms with Crippen LogP contribution in [-0.4, -0.2) is 23.1 Å². The standard InChI is InChI=1S/C17H17N3O4/c1-3-24-16-9-7-13(8-10-16)12(2)18-19-17(21)14-5-4-6-15(11-14)20(22)23/h4-11H,3H2,1-2H3,(H,19,21)/b18-12+. The van der Waals surface area contributed by atoms with E-state index in [0.717, 1.165) is 11.3 Å². The Morgan fingerprint density at radius 2 is 1.92 bits per heavy atom. The molecule has 0 saturated heterocycles. The molecule has 0 heterocycles. The van der Waals surface area contributed by atoms with Gasteiger partial charge in [-0.3, -0.25) is 14.9 Å². The van der Waals surface area contributed by atoms with Gasteiger partial charge in [0.05, 0.1) is 17.2 Å². The second kappa shape index (κ2) is 7.87. The normalized spacial score (nSPS) is 11.0. The van der Waals surface area contributed by atoms with Crippen LogP contribution in [0.25, 0.3) is 0 Å². The Hall–Kier alpha value is -3.22. The molecule has 0 radical (unpaired) electrons. The molecule has 0 aliphatic carbocycles. The summed E-state index contributed by atoms with van der Waals surface area (Å²) in [4.78, 5) is 22.2. The van der Waals surface area contributed by atoms with Gasteiger partial charge in [-0.1, -0.05) is 6.07 Å². The van der Waals surface area contributed by atoms with Crippen molar-refractivity contribution in [3.05, 3.63) is 69.8 Å². The molecule has 2 aromatic rings. The lowest BCUT2D eigenvalue weighted by Gasteiger charge is -2.05. The minimum atomic E-state index is -0.550. The van der Waals surface area contributed by atoms with E-state index in [1.807, 2.05) is 31.2 Å². The van der Waals surface area contributed by atoms with Gasteiger partial charge in [0.1, 0.15) is 5.75 Å². The molecule has 24 heavy (non-hydrogen) atoms. The Bertz CT molecular complexity index is 770. The lowest BCUT2D eigenvalue weighted by atomic mass is 10.1. The first-order valence-electron chi connectivity index (χ1n) is 7.33. The summed E-state index contributed by atoms with van der Waals surface area (Å²) in [6.07, 6.45) is 0. The van der Waals surface area contributed by atoms with Crippen LogP contribution in [0.3, 0.4) is 0 Å². The summed E-state index contributed by atoms with van der Waals surface area (Å²) >= 11 is 0. The van der Waals surface area contributed by atoms with E-state index < -0.39 is 10.8 Å². The summed E-state index contributed by atoms with van der Waals surface area (Å²) < 4.78 is 5.36. The number of benzene rings is 2. The van der Waals surface area contributed by atoms with Crippen LogP contribution in [0.2, 0.25) is 0 Å². The molecule has 7 nitrogen and oxygen atoms in total. The number of nitrogens with one attached hydrogen (secondary N) is 1. The van der Waals surface area contributed by atoms with E-state index in [1.54, 1.807) is 6.92 Å². The van der Waals surface area contributed by atoms with Crippen LogP contribution in [-0.2, 0) is 0 Å². The van der Waals surface area contributed by atoms with Crippen LogP contribution >= 0.6 is 0 Å². The third kappa shape index (κ3) is 4.39. The van der Waals surface area contributed by atoms with Crippen LogP contribution in [0, 0.1) is 10.1 Å². The molecule has 0 unspecified atom stereocenters. The monoisotopic (exact) mass is 327 g/mol. The summed E-state index contributed by atoms with van der Waals surface area (Å²) in [5.74, 6) is 0.249. The second-order valence-corrected chi connectivity index (χ2v) is 4.90. The molecule has 124 valence electrons. The van der Waals surface area contributed by atoms with Crippen LogP contribution in [0.4, 0.5) is 5.69 Å². The predicted octanol–water partition coefficient (Wildman–Crippen LogP) is 3.15. The highest BCUT2D eigenvalue weighted by molar-refractivity contribution is 6.01. The number of hydrogen-bond donors (Lipinski definition) is 1. The topological polar surface area (TPSA) is 93.8 Å². The summed E-state index contributed by atoms with van der Waals surface area (Å²) in [5, 5.41) is 14.8. The van der Waals surface area contributed by atoms with Gasteiger partial charge in [0.2, 0.25) is 0 Å². The second-order valence-electron chi connectivity index (χ2n) is 4.90. The van der Waals surface area contributed by atoms with Gasteiger partial charge < -0.3 is 4.74 Å². The molecule has 0 aromatic heterocycles. The average molecular weight is 327 g/mol. The van der Waals surface area contributed by atoms with E-state index in [0.29, 0.717) is 12.3 Å². The molecule has 2 aromatic carbocycles. The maximum atomic E-state index is 12.0. The molecule has 0 atom stereocenters. The fraction of sp³-hybridized carbons (Fsp3) is 0.176. The van der Waals surface area contributed by atoms with Gasteiger partial charge in [0.15, 0.2) is 0 Å². The maximum Gasteiger partial charge on any atom is 0.271 e. The van der Waals surface area contributed by atoms with Crippen molar-refractivity contribution in [3.63, 3.8) is 0 Å². The van der Waals surface area contributed by atoms with Crippen molar-refractivity contribution >= 4 is 17.3 Å². The largest absolute Gasteiger partial charge is 0.494 e. The van der Waals surface area contributed by atoms with E-state index in [4.69, 9.17) is 4.74 Å². The number of rotatable bonds is 6. The zero-order valence-electron chi connectivity index (χ0n) is 13.4. The van der Waals surface area contributed by atoms with E-state index >= 15 is 0 Å². The third-order valence-corrected chi connectivity index (χ3v) is 3.23. The Kier molecular flexibility index (Phi) is 5.62. The van der Waals surface area contributed by atoms with Crippen molar-refractivity contribution in [1.29, 1.82) is 0 Å². The van der Waals surface area contributed by atoms with Gasteiger partial charge in [-0.15, -0.1) is 0 Å². The number of nitro groups is 1. The van der Waals surface area contributed by atoms with Crippen molar-refractivity contribution in [1.82, 2.24) is 5.43 Å². The van der Waals surface area contributed by atoms with E-state index in [2.05, 4.69) is 10.5 Å². The fourth-order valence-corrected chi connectivity index (χ4v) is 1.98.